The Bertz CT molecular complexity index is 494. The molecule has 0 atom stereocenters. The van der Waals surface area contributed by atoms with Gasteiger partial charge in [0.2, 0.25) is 0 Å². The van der Waals surface area contributed by atoms with E-state index in [-0.39, 0.29) is 5.92 Å². The number of carbonyl (C=O) groups is 2. The fourth-order valence-electron chi connectivity index (χ4n) is 2.72. The Morgan fingerprint density at radius 1 is 1.20 bits per heavy atom. The largest absolute Gasteiger partial charge is 0.481 e. The number of aliphatic carboxylic acids is 1. The molecule has 1 fully saturated rings. The van der Waals surface area contributed by atoms with E-state index in [0.29, 0.717) is 11.5 Å². The van der Waals surface area contributed by atoms with E-state index < -0.39 is 11.9 Å². The van der Waals surface area contributed by atoms with Gasteiger partial charge in [0, 0.05) is 12.2 Å². The highest BCUT2D eigenvalue weighted by Crippen LogP contribution is 2.29. The Hall–Kier alpha value is -2.04. The molecular formula is C15H20N2O3. The van der Waals surface area contributed by atoms with Crippen LogP contribution in [-0.4, -0.2) is 23.5 Å². The number of carboxylic acids is 1. The second-order valence-electron chi connectivity index (χ2n) is 5.35. The van der Waals surface area contributed by atoms with Crippen molar-refractivity contribution in [1.29, 1.82) is 0 Å². The molecule has 0 saturated heterocycles. The molecule has 0 aliphatic heterocycles. The Labute approximate surface area is 118 Å². The highest BCUT2D eigenvalue weighted by molar-refractivity contribution is 5.98. The van der Waals surface area contributed by atoms with Crippen molar-refractivity contribution < 1.29 is 14.7 Å². The molecule has 1 aliphatic rings. The summed E-state index contributed by atoms with van der Waals surface area (Å²) < 4.78 is 0. The van der Waals surface area contributed by atoms with Crippen LogP contribution in [0.1, 0.15) is 36.0 Å². The molecule has 20 heavy (non-hydrogen) atoms. The van der Waals surface area contributed by atoms with Crippen LogP contribution in [0.4, 0.5) is 5.69 Å². The summed E-state index contributed by atoms with van der Waals surface area (Å²) in [4.78, 5) is 22.2. The van der Waals surface area contributed by atoms with Gasteiger partial charge in [-0.2, -0.15) is 0 Å². The van der Waals surface area contributed by atoms with Crippen LogP contribution in [0.3, 0.4) is 0 Å². The first-order valence-electron chi connectivity index (χ1n) is 6.93. The van der Waals surface area contributed by atoms with E-state index in [4.69, 9.17) is 10.8 Å². The zero-order valence-corrected chi connectivity index (χ0v) is 11.3. The van der Waals surface area contributed by atoms with Crippen LogP contribution >= 0.6 is 0 Å². The van der Waals surface area contributed by atoms with Crippen LogP contribution in [0, 0.1) is 11.8 Å². The summed E-state index contributed by atoms with van der Waals surface area (Å²) in [6.45, 7) is 0.747. The minimum Gasteiger partial charge on any atom is -0.481 e. The van der Waals surface area contributed by atoms with Gasteiger partial charge in [0.05, 0.1) is 11.5 Å². The number of anilines is 1. The highest BCUT2D eigenvalue weighted by Gasteiger charge is 2.25. The lowest BCUT2D eigenvalue weighted by Crippen LogP contribution is -2.25. The molecule has 1 aromatic carbocycles. The lowest BCUT2D eigenvalue weighted by molar-refractivity contribution is -0.143. The van der Waals surface area contributed by atoms with Crippen molar-refractivity contribution in [1.82, 2.24) is 0 Å². The number of rotatable bonds is 5. The number of hydrogen-bond donors (Lipinski definition) is 3. The molecule has 5 heteroatoms. The molecule has 0 aromatic heterocycles. The van der Waals surface area contributed by atoms with Gasteiger partial charge in [-0.3, -0.25) is 9.59 Å². The van der Waals surface area contributed by atoms with Crippen molar-refractivity contribution in [2.45, 2.75) is 25.7 Å². The molecule has 2 rings (SSSR count). The SMILES string of the molecule is NC(=O)c1ccccc1NCC1CCC(C(=O)O)CC1. The number of para-hydroxylation sites is 1. The first kappa shape index (κ1) is 14.4. The zero-order valence-electron chi connectivity index (χ0n) is 11.3. The van der Waals surface area contributed by atoms with Gasteiger partial charge in [-0.15, -0.1) is 0 Å². The van der Waals surface area contributed by atoms with Crippen molar-refractivity contribution in [3.8, 4) is 0 Å². The number of benzene rings is 1. The van der Waals surface area contributed by atoms with Gasteiger partial charge in [-0.05, 0) is 43.7 Å². The van der Waals surface area contributed by atoms with Crippen LogP contribution in [0.2, 0.25) is 0 Å². The van der Waals surface area contributed by atoms with Crippen molar-refractivity contribution in [2.75, 3.05) is 11.9 Å². The summed E-state index contributed by atoms with van der Waals surface area (Å²) in [5, 5.41) is 12.2. The Morgan fingerprint density at radius 2 is 1.85 bits per heavy atom. The number of nitrogens with two attached hydrogens (primary N) is 1. The summed E-state index contributed by atoms with van der Waals surface area (Å²) in [5.41, 5.74) is 6.57. The molecule has 1 saturated carbocycles. The van der Waals surface area contributed by atoms with Crippen molar-refractivity contribution in [3.05, 3.63) is 29.8 Å². The molecular weight excluding hydrogens is 256 g/mol. The lowest BCUT2D eigenvalue weighted by Gasteiger charge is -2.26. The maximum absolute atomic E-state index is 11.3. The van der Waals surface area contributed by atoms with Gasteiger partial charge >= 0.3 is 5.97 Å². The maximum Gasteiger partial charge on any atom is 0.306 e. The Morgan fingerprint density at radius 3 is 2.45 bits per heavy atom. The number of primary amides is 1. The van der Waals surface area contributed by atoms with Crippen molar-refractivity contribution >= 4 is 17.6 Å². The predicted molar refractivity (Wildman–Crippen MR) is 76.5 cm³/mol. The molecule has 1 aromatic rings. The molecule has 0 heterocycles. The number of carboxylic acid groups (broad SMARTS) is 1. The maximum atomic E-state index is 11.3. The smallest absolute Gasteiger partial charge is 0.306 e. The number of nitrogens with one attached hydrogen (secondary N) is 1. The van der Waals surface area contributed by atoms with Crippen LogP contribution in [0.25, 0.3) is 0 Å². The van der Waals surface area contributed by atoms with Gasteiger partial charge in [-0.1, -0.05) is 12.1 Å². The molecule has 0 radical (unpaired) electrons. The molecule has 0 unspecified atom stereocenters. The first-order chi connectivity index (χ1) is 9.58. The standard InChI is InChI=1S/C15H20N2O3/c16-14(18)12-3-1-2-4-13(12)17-9-10-5-7-11(8-6-10)15(19)20/h1-4,10-11,17H,5-9H2,(H2,16,18)(H,19,20). The summed E-state index contributed by atoms with van der Waals surface area (Å²) in [7, 11) is 0. The van der Waals surface area contributed by atoms with Crippen LogP contribution in [0.15, 0.2) is 24.3 Å². The molecule has 5 nitrogen and oxygen atoms in total. The first-order valence-corrected chi connectivity index (χ1v) is 6.93. The average Bonchev–Trinajstić information content (AvgIpc) is 2.45. The normalized spacial score (nSPS) is 22.2. The third-order valence-electron chi connectivity index (χ3n) is 3.97. The Kier molecular flexibility index (Phi) is 4.61. The van der Waals surface area contributed by atoms with E-state index in [9.17, 15) is 9.59 Å². The van der Waals surface area contributed by atoms with Gasteiger partial charge in [0.15, 0.2) is 0 Å². The van der Waals surface area contributed by atoms with E-state index in [2.05, 4.69) is 5.32 Å². The van der Waals surface area contributed by atoms with Crippen LogP contribution in [-0.2, 0) is 4.79 Å². The molecule has 0 bridgehead atoms. The number of hydrogen-bond acceptors (Lipinski definition) is 3. The summed E-state index contributed by atoms with van der Waals surface area (Å²) in [6, 6.07) is 7.18. The predicted octanol–water partition coefficient (Wildman–Crippen LogP) is 2.09. The van der Waals surface area contributed by atoms with Crippen molar-refractivity contribution in [2.24, 2.45) is 17.6 Å². The average molecular weight is 276 g/mol. The Balaban J connectivity index is 1.88. The molecule has 4 N–H and O–H groups in total. The molecule has 0 spiro atoms. The van der Waals surface area contributed by atoms with Gasteiger partial charge in [0.1, 0.15) is 0 Å². The van der Waals surface area contributed by atoms with Crippen LogP contribution in [0.5, 0.6) is 0 Å². The second-order valence-corrected chi connectivity index (χ2v) is 5.35. The van der Waals surface area contributed by atoms with Crippen LogP contribution < -0.4 is 11.1 Å². The van der Waals surface area contributed by atoms with Gasteiger partial charge < -0.3 is 16.2 Å². The van der Waals surface area contributed by atoms with Crippen molar-refractivity contribution in [3.63, 3.8) is 0 Å². The third-order valence-corrected chi connectivity index (χ3v) is 3.97. The molecule has 1 aliphatic carbocycles. The summed E-state index contributed by atoms with van der Waals surface area (Å²) in [5.74, 6) is -0.867. The highest BCUT2D eigenvalue weighted by atomic mass is 16.4. The molecule has 108 valence electrons. The monoisotopic (exact) mass is 276 g/mol. The van der Waals surface area contributed by atoms with E-state index >= 15 is 0 Å². The van der Waals surface area contributed by atoms with E-state index in [1.165, 1.54) is 0 Å². The lowest BCUT2D eigenvalue weighted by atomic mass is 9.82. The topological polar surface area (TPSA) is 92.4 Å². The molecule has 1 amide bonds. The second kappa shape index (κ2) is 6.41. The fraction of sp³-hybridized carbons (Fsp3) is 0.467. The minimum atomic E-state index is -0.685. The van der Waals surface area contributed by atoms with E-state index in [1.807, 2.05) is 12.1 Å². The summed E-state index contributed by atoms with van der Waals surface area (Å²) in [6.07, 6.45) is 3.28. The fourth-order valence-corrected chi connectivity index (χ4v) is 2.72. The zero-order chi connectivity index (χ0) is 14.5. The van der Waals surface area contributed by atoms with Gasteiger partial charge in [0.25, 0.3) is 5.91 Å². The number of amides is 1. The minimum absolute atomic E-state index is 0.191. The quantitative estimate of drug-likeness (QED) is 0.767. The van der Waals surface area contributed by atoms with E-state index in [0.717, 1.165) is 37.9 Å². The third kappa shape index (κ3) is 3.50. The van der Waals surface area contributed by atoms with E-state index in [1.54, 1.807) is 12.1 Å². The van der Waals surface area contributed by atoms with Gasteiger partial charge in [-0.25, -0.2) is 0 Å². The number of carbonyl (C=O) groups excluding carboxylic acids is 1. The summed E-state index contributed by atoms with van der Waals surface area (Å²) >= 11 is 0.